The van der Waals surface area contributed by atoms with Gasteiger partial charge in [-0.2, -0.15) is 0 Å². The summed E-state index contributed by atoms with van der Waals surface area (Å²) in [5.74, 6) is 0.933. The third-order valence-corrected chi connectivity index (χ3v) is 9.02. The number of methoxy groups -OCH3 is 1. The number of rotatable bonds is 2. The van der Waals surface area contributed by atoms with Crippen LogP contribution in [0.1, 0.15) is 41.0 Å². The standard InChI is InChI=1S/C18H29NO5S2/c1-15(2,3)12-19-11(20)16(4,5)18(22,14-25-8-7-9-26-14)17(19,10-24-12)13(21)23-6/h12,14,22H,7-10H2,1-6H3/t12-,17+,18-/m1/s1. The van der Waals surface area contributed by atoms with E-state index >= 15 is 0 Å². The van der Waals surface area contributed by atoms with Crippen molar-refractivity contribution in [3.05, 3.63) is 0 Å². The highest BCUT2D eigenvalue weighted by atomic mass is 32.2. The molecule has 0 aromatic heterocycles. The maximum Gasteiger partial charge on any atom is 0.337 e. The maximum absolute atomic E-state index is 13.5. The van der Waals surface area contributed by atoms with Crippen molar-refractivity contribution < 1.29 is 24.2 Å². The van der Waals surface area contributed by atoms with E-state index in [9.17, 15) is 14.7 Å². The van der Waals surface area contributed by atoms with Crippen molar-refractivity contribution in [3.8, 4) is 0 Å². The SMILES string of the molecule is COC(=O)[C@]12CO[C@H](C(C)(C)C)N1C(=O)C(C)(C)[C@]2(O)C1SCCCS1. The Balaban J connectivity index is 2.22. The highest BCUT2D eigenvalue weighted by Crippen LogP contribution is 2.62. The van der Waals surface area contributed by atoms with E-state index in [1.807, 2.05) is 20.8 Å². The number of nitrogens with zero attached hydrogens (tertiary/aromatic N) is 1. The third-order valence-electron chi connectivity index (χ3n) is 5.86. The highest BCUT2D eigenvalue weighted by molar-refractivity contribution is 8.17. The van der Waals surface area contributed by atoms with E-state index in [1.165, 1.54) is 12.0 Å². The molecule has 0 aromatic carbocycles. The number of carbonyl (C=O) groups is 2. The first-order chi connectivity index (χ1) is 12.0. The van der Waals surface area contributed by atoms with Gasteiger partial charge in [-0.15, -0.1) is 23.5 Å². The molecule has 148 valence electrons. The Morgan fingerprint density at radius 1 is 1.31 bits per heavy atom. The van der Waals surface area contributed by atoms with E-state index < -0.39 is 34.2 Å². The lowest BCUT2D eigenvalue weighted by molar-refractivity contribution is -0.169. The molecule has 0 aromatic rings. The van der Waals surface area contributed by atoms with Crippen LogP contribution in [0, 0.1) is 10.8 Å². The lowest BCUT2D eigenvalue weighted by atomic mass is 9.68. The molecule has 26 heavy (non-hydrogen) atoms. The highest BCUT2D eigenvalue weighted by Gasteiger charge is 2.82. The summed E-state index contributed by atoms with van der Waals surface area (Å²) >= 11 is 3.24. The van der Waals surface area contributed by atoms with Gasteiger partial charge in [0.25, 0.3) is 0 Å². The van der Waals surface area contributed by atoms with E-state index in [2.05, 4.69) is 0 Å². The first-order valence-corrected chi connectivity index (χ1v) is 11.1. The van der Waals surface area contributed by atoms with Gasteiger partial charge in [-0.3, -0.25) is 9.69 Å². The second kappa shape index (κ2) is 6.29. The van der Waals surface area contributed by atoms with E-state index in [0.29, 0.717) is 0 Å². The van der Waals surface area contributed by atoms with Crippen molar-refractivity contribution in [2.45, 2.75) is 63.0 Å². The minimum absolute atomic E-state index is 0.0507. The van der Waals surface area contributed by atoms with E-state index in [0.717, 1.165) is 17.9 Å². The largest absolute Gasteiger partial charge is 0.467 e. The maximum atomic E-state index is 13.5. The van der Waals surface area contributed by atoms with Crippen LogP contribution < -0.4 is 0 Å². The van der Waals surface area contributed by atoms with E-state index in [4.69, 9.17) is 9.47 Å². The van der Waals surface area contributed by atoms with Crippen LogP contribution in [0.5, 0.6) is 0 Å². The molecule has 0 radical (unpaired) electrons. The molecule has 3 rings (SSSR count). The summed E-state index contributed by atoms with van der Waals surface area (Å²) in [6.07, 6.45) is 0.452. The van der Waals surface area contributed by atoms with Crippen molar-refractivity contribution >= 4 is 35.4 Å². The predicted octanol–water partition coefficient (Wildman–Crippen LogP) is 2.10. The Morgan fingerprint density at radius 2 is 1.88 bits per heavy atom. The van der Waals surface area contributed by atoms with Crippen molar-refractivity contribution in [1.82, 2.24) is 4.90 Å². The van der Waals surface area contributed by atoms with Crippen LogP contribution in [0.3, 0.4) is 0 Å². The second-order valence-electron chi connectivity index (χ2n) is 8.87. The molecule has 3 aliphatic rings. The second-order valence-corrected chi connectivity index (χ2v) is 11.6. The summed E-state index contributed by atoms with van der Waals surface area (Å²) in [6.45, 7) is 9.33. The molecule has 3 aliphatic heterocycles. The minimum Gasteiger partial charge on any atom is -0.467 e. The summed E-state index contributed by atoms with van der Waals surface area (Å²) in [5.41, 5.74) is -4.65. The molecule has 3 heterocycles. The van der Waals surface area contributed by atoms with Crippen LogP contribution in [0.2, 0.25) is 0 Å². The summed E-state index contributed by atoms with van der Waals surface area (Å²) in [5, 5.41) is 12.1. The first-order valence-electron chi connectivity index (χ1n) is 8.95. The summed E-state index contributed by atoms with van der Waals surface area (Å²) < 4.78 is 10.8. The van der Waals surface area contributed by atoms with Gasteiger partial charge in [-0.25, -0.2) is 4.79 Å². The topological polar surface area (TPSA) is 76.1 Å². The van der Waals surface area contributed by atoms with Gasteiger partial charge in [-0.1, -0.05) is 20.8 Å². The predicted molar refractivity (Wildman–Crippen MR) is 103 cm³/mol. The van der Waals surface area contributed by atoms with Crippen molar-refractivity contribution in [1.29, 1.82) is 0 Å². The molecule has 0 aliphatic carbocycles. The summed E-state index contributed by atoms with van der Waals surface area (Å²) in [4.78, 5) is 28.1. The number of hydrogen-bond donors (Lipinski definition) is 1. The molecule has 0 spiro atoms. The summed E-state index contributed by atoms with van der Waals surface area (Å²) in [7, 11) is 1.30. The number of amides is 1. The number of thioether (sulfide) groups is 2. The molecule has 0 bridgehead atoms. The minimum atomic E-state index is -1.60. The molecule has 3 atom stereocenters. The van der Waals surface area contributed by atoms with Gasteiger partial charge in [0.05, 0.1) is 23.7 Å². The quantitative estimate of drug-likeness (QED) is 0.708. The Kier molecular flexibility index (Phi) is 4.91. The zero-order valence-corrected chi connectivity index (χ0v) is 18.0. The number of carbonyl (C=O) groups excluding carboxylic acids is 2. The lowest BCUT2D eigenvalue weighted by Gasteiger charge is -2.48. The van der Waals surface area contributed by atoms with Gasteiger partial charge in [0.1, 0.15) is 11.8 Å². The number of fused-ring (bicyclic) bond motifs is 1. The fraction of sp³-hybridized carbons (Fsp3) is 0.889. The van der Waals surface area contributed by atoms with Crippen molar-refractivity contribution in [2.75, 3.05) is 25.2 Å². The average Bonchev–Trinajstić information content (AvgIpc) is 3.06. The third kappa shape index (κ3) is 2.34. The molecule has 3 fully saturated rings. The Morgan fingerprint density at radius 3 is 2.38 bits per heavy atom. The molecule has 6 nitrogen and oxygen atoms in total. The molecule has 8 heteroatoms. The zero-order valence-electron chi connectivity index (χ0n) is 16.3. The van der Waals surface area contributed by atoms with Crippen LogP contribution in [-0.4, -0.2) is 69.1 Å². The Bertz CT molecular complexity index is 613. The molecule has 0 saturated carbocycles. The number of ether oxygens (including phenoxy) is 2. The lowest BCUT2D eigenvalue weighted by Crippen LogP contribution is -2.70. The van der Waals surface area contributed by atoms with Gasteiger partial charge in [0.2, 0.25) is 5.91 Å². The van der Waals surface area contributed by atoms with Gasteiger partial charge < -0.3 is 14.6 Å². The number of aliphatic hydroxyl groups is 1. The van der Waals surface area contributed by atoms with E-state index in [1.54, 1.807) is 37.4 Å². The molecule has 1 N–H and O–H groups in total. The normalized spacial score (nSPS) is 37.7. The number of hydrogen-bond acceptors (Lipinski definition) is 7. The zero-order chi connectivity index (χ0) is 19.5. The van der Waals surface area contributed by atoms with Crippen LogP contribution in [0.25, 0.3) is 0 Å². The fourth-order valence-corrected chi connectivity index (χ4v) is 8.09. The van der Waals surface area contributed by atoms with Crippen LogP contribution in [-0.2, 0) is 19.1 Å². The average molecular weight is 404 g/mol. The molecule has 0 unspecified atom stereocenters. The van der Waals surface area contributed by atoms with Crippen LogP contribution >= 0.6 is 23.5 Å². The molecular weight excluding hydrogens is 374 g/mol. The molecule has 3 saturated heterocycles. The van der Waals surface area contributed by atoms with Gasteiger partial charge >= 0.3 is 5.97 Å². The van der Waals surface area contributed by atoms with Crippen molar-refractivity contribution in [2.24, 2.45) is 10.8 Å². The smallest absolute Gasteiger partial charge is 0.337 e. The fourth-order valence-electron chi connectivity index (χ4n) is 4.44. The van der Waals surface area contributed by atoms with Gasteiger partial charge in [-0.05, 0) is 31.8 Å². The van der Waals surface area contributed by atoms with Crippen molar-refractivity contribution in [3.63, 3.8) is 0 Å². The van der Waals surface area contributed by atoms with Gasteiger partial charge in [0.15, 0.2) is 5.54 Å². The number of esters is 1. The van der Waals surface area contributed by atoms with Crippen LogP contribution in [0.15, 0.2) is 0 Å². The molecule has 1 amide bonds. The monoisotopic (exact) mass is 403 g/mol. The van der Waals surface area contributed by atoms with Gasteiger partial charge in [0, 0.05) is 5.41 Å². The Labute approximate surface area is 163 Å². The van der Waals surface area contributed by atoms with Crippen LogP contribution in [0.4, 0.5) is 0 Å². The molecular formula is C18H29NO5S2. The summed E-state index contributed by atoms with van der Waals surface area (Å²) in [6, 6.07) is 0. The first kappa shape index (κ1) is 20.3. The van der Waals surface area contributed by atoms with E-state index in [-0.39, 0.29) is 17.1 Å². The Hall–Kier alpha value is -0.440.